The van der Waals surface area contributed by atoms with Crippen LogP contribution in [0.3, 0.4) is 0 Å². The number of hydrogen-bond donors (Lipinski definition) is 1. The van der Waals surface area contributed by atoms with Crippen molar-refractivity contribution in [3.05, 3.63) is 63.6 Å². The van der Waals surface area contributed by atoms with Gasteiger partial charge in [-0.25, -0.2) is 8.42 Å². The van der Waals surface area contributed by atoms with Crippen molar-refractivity contribution in [2.45, 2.75) is 65.6 Å². The van der Waals surface area contributed by atoms with Crippen molar-refractivity contribution in [3.8, 4) is 0 Å². The minimum absolute atomic E-state index is 0.00298. The standard InChI is InChI=1S/C26H35Cl2N3O4S/c1-17(2)21-10-8-9-11-23(21)31(36(7,34)35)16-24(32)30(18(3)25(33)29-26(4,5)6)15-19-12-13-20(27)14-22(19)28/h8-14,17-18H,15-16H2,1-7H3,(H,29,33)/t18-/m1/s1. The molecule has 0 aromatic heterocycles. The van der Waals surface area contributed by atoms with E-state index in [-0.39, 0.29) is 18.4 Å². The second-order valence-electron chi connectivity index (χ2n) is 10.2. The average molecular weight is 557 g/mol. The van der Waals surface area contributed by atoms with Crippen LogP contribution >= 0.6 is 23.2 Å². The zero-order valence-corrected chi connectivity index (χ0v) is 24.1. The van der Waals surface area contributed by atoms with Crippen LogP contribution in [0.1, 0.15) is 58.6 Å². The summed E-state index contributed by atoms with van der Waals surface area (Å²) in [5, 5.41) is 3.66. The van der Waals surface area contributed by atoms with Crippen LogP contribution in [-0.2, 0) is 26.2 Å². The summed E-state index contributed by atoms with van der Waals surface area (Å²) in [4.78, 5) is 28.1. The molecule has 0 fully saturated rings. The molecule has 0 spiro atoms. The molecule has 0 aliphatic carbocycles. The summed E-state index contributed by atoms with van der Waals surface area (Å²) < 4.78 is 26.8. The van der Waals surface area contributed by atoms with Gasteiger partial charge in [0.15, 0.2) is 0 Å². The van der Waals surface area contributed by atoms with E-state index in [0.29, 0.717) is 21.3 Å². The molecule has 0 radical (unpaired) electrons. The van der Waals surface area contributed by atoms with Crippen LogP contribution < -0.4 is 9.62 Å². The van der Waals surface area contributed by atoms with Gasteiger partial charge in [-0.15, -0.1) is 0 Å². The molecule has 198 valence electrons. The maximum absolute atomic E-state index is 13.7. The summed E-state index contributed by atoms with van der Waals surface area (Å²) in [5.41, 5.74) is 1.28. The molecule has 10 heteroatoms. The van der Waals surface area contributed by atoms with E-state index in [2.05, 4.69) is 5.32 Å². The van der Waals surface area contributed by atoms with E-state index in [9.17, 15) is 18.0 Å². The van der Waals surface area contributed by atoms with Gasteiger partial charge in [0.05, 0.1) is 11.9 Å². The molecule has 2 amide bonds. The Kier molecular flexibility index (Phi) is 9.84. The Labute approximate surface area is 224 Å². The van der Waals surface area contributed by atoms with Crippen molar-refractivity contribution in [1.29, 1.82) is 0 Å². The van der Waals surface area contributed by atoms with Crippen LogP contribution in [0.5, 0.6) is 0 Å². The van der Waals surface area contributed by atoms with E-state index < -0.39 is 34.1 Å². The van der Waals surface area contributed by atoms with Gasteiger partial charge in [0.2, 0.25) is 21.8 Å². The van der Waals surface area contributed by atoms with Crippen molar-refractivity contribution < 1.29 is 18.0 Å². The maximum Gasteiger partial charge on any atom is 0.244 e. The summed E-state index contributed by atoms with van der Waals surface area (Å²) in [6, 6.07) is 11.1. The third kappa shape index (κ3) is 8.11. The number of hydrogen-bond acceptors (Lipinski definition) is 4. The molecule has 0 aliphatic rings. The smallest absolute Gasteiger partial charge is 0.244 e. The fourth-order valence-corrected chi connectivity index (χ4v) is 5.02. The average Bonchev–Trinajstić information content (AvgIpc) is 2.74. The molecule has 0 heterocycles. The first kappa shape index (κ1) is 29.9. The minimum Gasteiger partial charge on any atom is -0.350 e. The number of carbonyl (C=O) groups excluding carboxylic acids is 2. The molecule has 7 nitrogen and oxygen atoms in total. The molecule has 1 atom stereocenters. The van der Waals surface area contributed by atoms with Crippen molar-refractivity contribution in [3.63, 3.8) is 0 Å². The van der Waals surface area contributed by atoms with Crippen molar-refractivity contribution in [2.24, 2.45) is 0 Å². The van der Waals surface area contributed by atoms with Crippen LogP contribution in [0.4, 0.5) is 5.69 Å². The van der Waals surface area contributed by atoms with Gasteiger partial charge < -0.3 is 10.2 Å². The Hall–Kier alpha value is -2.29. The van der Waals surface area contributed by atoms with Gasteiger partial charge in [0.1, 0.15) is 12.6 Å². The first-order valence-electron chi connectivity index (χ1n) is 11.6. The lowest BCUT2D eigenvalue weighted by Gasteiger charge is -2.34. The van der Waals surface area contributed by atoms with Crippen molar-refractivity contribution >= 4 is 50.7 Å². The third-order valence-corrected chi connectivity index (χ3v) is 7.24. The number of halogens is 2. The van der Waals surface area contributed by atoms with Gasteiger partial charge >= 0.3 is 0 Å². The molecule has 2 aromatic rings. The van der Waals surface area contributed by atoms with E-state index in [4.69, 9.17) is 23.2 Å². The lowest BCUT2D eigenvalue weighted by atomic mass is 10.0. The van der Waals surface area contributed by atoms with Crippen molar-refractivity contribution in [2.75, 3.05) is 17.1 Å². The zero-order chi connectivity index (χ0) is 27.4. The Morgan fingerprint density at radius 1 is 1.03 bits per heavy atom. The van der Waals surface area contributed by atoms with Gasteiger partial charge in [0.25, 0.3) is 0 Å². The Bertz CT molecular complexity index is 1210. The molecule has 0 saturated carbocycles. The molecule has 0 bridgehead atoms. The topological polar surface area (TPSA) is 86.8 Å². The van der Waals surface area contributed by atoms with Gasteiger partial charge in [0, 0.05) is 22.1 Å². The predicted molar refractivity (Wildman–Crippen MR) is 147 cm³/mol. The Morgan fingerprint density at radius 2 is 1.64 bits per heavy atom. The van der Waals surface area contributed by atoms with E-state index >= 15 is 0 Å². The molecule has 1 N–H and O–H groups in total. The number of anilines is 1. The molecule has 0 saturated heterocycles. The first-order chi connectivity index (χ1) is 16.5. The summed E-state index contributed by atoms with van der Waals surface area (Å²) >= 11 is 12.4. The Morgan fingerprint density at radius 3 is 2.17 bits per heavy atom. The molecule has 2 rings (SSSR count). The van der Waals surface area contributed by atoms with Crippen LogP contribution in [0, 0.1) is 0 Å². The van der Waals surface area contributed by atoms with Gasteiger partial charge in [-0.05, 0) is 62.9 Å². The SMILES string of the molecule is CC(C)c1ccccc1N(CC(=O)N(Cc1ccc(Cl)cc1Cl)[C@H](C)C(=O)NC(C)(C)C)S(C)(=O)=O. The summed E-state index contributed by atoms with van der Waals surface area (Å²) in [6.45, 7) is 10.6. The quantitative estimate of drug-likeness (QED) is 0.459. The number of rotatable bonds is 9. The van der Waals surface area contributed by atoms with Crippen LogP contribution in [0.15, 0.2) is 42.5 Å². The maximum atomic E-state index is 13.7. The second kappa shape index (κ2) is 11.8. The highest BCUT2D eigenvalue weighted by Gasteiger charge is 2.32. The van der Waals surface area contributed by atoms with E-state index in [1.807, 2.05) is 46.8 Å². The number of nitrogens with zero attached hydrogens (tertiary/aromatic N) is 2. The van der Waals surface area contributed by atoms with E-state index in [0.717, 1.165) is 16.1 Å². The third-order valence-electron chi connectivity index (χ3n) is 5.53. The molecule has 2 aromatic carbocycles. The van der Waals surface area contributed by atoms with Crippen LogP contribution in [0.25, 0.3) is 0 Å². The summed E-state index contributed by atoms with van der Waals surface area (Å²) in [7, 11) is -3.82. The normalized spacial score (nSPS) is 12.8. The molecule has 0 aliphatic heterocycles. The fraction of sp³-hybridized carbons (Fsp3) is 0.462. The predicted octanol–water partition coefficient (Wildman–Crippen LogP) is 5.21. The number of amides is 2. The summed E-state index contributed by atoms with van der Waals surface area (Å²) in [6.07, 6.45) is 1.06. The van der Waals surface area contributed by atoms with Crippen LogP contribution in [0.2, 0.25) is 10.0 Å². The van der Waals surface area contributed by atoms with Crippen LogP contribution in [-0.4, -0.2) is 49.5 Å². The largest absolute Gasteiger partial charge is 0.350 e. The number of benzene rings is 2. The number of sulfonamides is 1. The first-order valence-corrected chi connectivity index (χ1v) is 14.2. The molecule has 36 heavy (non-hydrogen) atoms. The number of nitrogens with one attached hydrogen (secondary N) is 1. The van der Waals surface area contributed by atoms with Gasteiger partial charge in [-0.3, -0.25) is 13.9 Å². The summed E-state index contributed by atoms with van der Waals surface area (Å²) in [5.74, 6) is -0.878. The molecular weight excluding hydrogens is 521 g/mol. The number of para-hydroxylation sites is 1. The zero-order valence-electron chi connectivity index (χ0n) is 21.8. The van der Waals surface area contributed by atoms with Gasteiger partial charge in [-0.2, -0.15) is 0 Å². The fourth-order valence-electron chi connectivity index (χ4n) is 3.69. The second-order valence-corrected chi connectivity index (χ2v) is 12.9. The lowest BCUT2D eigenvalue weighted by Crippen LogP contribution is -2.54. The minimum atomic E-state index is -3.82. The Balaban J connectivity index is 2.51. The van der Waals surface area contributed by atoms with E-state index in [1.54, 1.807) is 37.3 Å². The molecule has 0 unspecified atom stereocenters. The lowest BCUT2D eigenvalue weighted by molar-refractivity contribution is -0.140. The van der Waals surface area contributed by atoms with E-state index in [1.165, 1.54) is 4.90 Å². The highest BCUT2D eigenvalue weighted by molar-refractivity contribution is 7.92. The highest BCUT2D eigenvalue weighted by Crippen LogP contribution is 2.29. The number of carbonyl (C=O) groups is 2. The van der Waals surface area contributed by atoms with Gasteiger partial charge in [-0.1, -0.05) is 61.3 Å². The monoisotopic (exact) mass is 555 g/mol. The molecular formula is C26H35Cl2N3O4S. The highest BCUT2D eigenvalue weighted by atomic mass is 35.5. The van der Waals surface area contributed by atoms with Crippen molar-refractivity contribution in [1.82, 2.24) is 10.2 Å².